The second-order valence-electron chi connectivity index (χ2n) is 2.88. The summed E-state index contributed by atoms with van der Waals surface area (Å²) in [4.78, 5) is 12.4. The summed E-state index contributed by atoms with van der Waals surface area (Å²) in [5.41, 5.74) is 0. The number of nitrogens with zero attached hydrogens (tertiary/aromatic N) is 1. The Morgan fingerprint density at radius 3 is 2.69 bits per heavy atom. The third kappa shape index (κ3) is 5.25. The number of carbonyl (C=O) groups excluding carboxylic acids is 1. The molecular formula is C8H18N2O2S. The topological polar surface area (TPSA) is 55.4 Å². The van der Waals surface area contributed by atoms with Crippen LogP contribution in [0.1, 0.15) is 13.3 Å². The van der Waals surface area contributed by atoms with Crippen molar-refractivity contribution in [1.29, 1.82) is 0 Å². The molecule has 0 fully saturated rings. The molecule has 78 valence electrons. The van der Waals surface area contributed by atoms with E-state index in [-0.39, 0.29) is 5.25 Å². The minimum absolute atomic E-state index is 0.104. The summed E-state index contributed by atoms with van der Waals surface area (Å²) in [7, 11) is 3.59. The van der Waals surface area contributed by atoms with Gasteiger partial charge in [0.15, 0.2) is 5.25 Å². The minimum atomic E-state index is -1.11. The molecule has 0 saturated heterocycles. The molecule has 0 radical (unpaired) electrons. The van der Waals surface area contributed by atoms with Gasteiger partial charge < -0.3 is 14.2 Å². The van der Waals surface area contributed by atoms with Crippen LogP contribution < -0.4 is 4.72 Å². The number of rotatable bonds is 7. The molecule has 2 unspecified atom stereocenters. The Labute approximate surface area is 83.0 Å². The fourth-order valence-electron chi connectivity index (χ4n) is 0.980. The van der Waals surface area contributed by atoms with Crippen LogP contribution >= 0.6 is 0 Å². The number of hydrogen-bond donors (Lipinski definition) is 1. The molecule has 0 aromatic carbocycles. The highest BCUT2D eigenvalue weighted by Crippen LogP contribution is 2.04. The Balaban J connectivity index is 3.99. The van der Waals surface area contributed by atoms with Gasteiger partial charge in [-0.1, -0.05) is 6.92 Å². The first-order chi connectivity index (χ1) is 6.15. The van der Waals surface area contributed by atoms with Crippen molar-refractivity contribution in [3.63, 3.8) is 0 Å². The summed E-state index contributed by atoms with van der Waals surface area (Å²) >= 11 is -1.11. The highest BCUT2D eigenvalue weighted by atomic mass is 32.2. The van der Waals surface area contributed by atoms with Crippen LogP contribution in [-0.2, 0) is 16.2 Å². The van der Waals surface area contributed by atoms with Crippen molar-refractivity contribution in [3.8, 4) is 0 Å². The molecule has 4 nitrogen and oxygen atoms in total. The van der Waals surface area contributed by atoms with Crippen LogP contribution in [0.5, 0.6) is 0 Å². The number of carbonyl (C=O) groups is 1. The Hall–Kier alpha value is -0.100. The third-order valence-corrected chi connectivity index (χ3v) is 3.27. The van der Waals surface area contributed by atoms with E-state index in [9.17, 15) is 9.35 Å². The van der Waals surface area contributed by atoms with Crippen LogP contribution in [0.3, 0.4) is 0 Å². The summed E-state index contributed by atoms with van der Waals surface area (Å²) in [6.45, 7) is 3.61. The molecule has 13 heavy (non-hydrogen) atoms. The van der Waals surface area contributed by atoms with Crippen LogP contribution in [0.25, 0.3) is 0 Å². The van der Waals surface area contributed by atoms with Gasteiger partial charge in [-0.25, -0.2) is 0 Å². The zero-order valence-corrected chi connectivity index (χ0v) is 9.26. The van der Waals surface area contributed by atoms with E-state index in [4.69, 9.17) is 0 Å². The molecule has 0 aromatic heterocycles. The van der Waals surface area contributed by atoms with Crippen LogP contribution in [0.4, 0.5) is 0 Å². The van der Waals surface area contributed by atoms with E-state index in [0.29, 0.717) is 13.0 Å². The van der Waals surface area contributed by atoms with Crippen molar-refractivity contribution in [2.45, 2.75) is 18.6 Å². The Morgan fingerprint density at radius 1 is 1.69 bits per heavy atom. The quantitative estimate of drug-likeness (QED) is 0.462. The Morgan fingerprint density at radius 2 is 2.31 bits per heavy atom. The smallest absolute Gasteiger partial charge is 0.154 e. The predicted molar refractivity (Wildman–Crippen MR) is 54.8 cm³/mol. The molecule has 2 atom stereocenters. The average molecular weight is 206 g/mol. The molecule has 0 spiro atoms. The second-order valence-corrected chi connectivity index (χ2v) is 4.55. The molecular weight excluding hydrogens is 188 g/mol. The van der Waals surface area contributed by atoms with Gasteiger partial charge in [0, 0.05) is 25.0 Å². The lowest BCUT2D eigenvalue weighted by Crippen LogP contribution is -2.40. The summed E-state index contributed by atoms with van der Waals surface area (Å²) in [5.74, 6) is 0. The zero-order chi connectivity index (χ0) is 10.3. The highest BCUT2D eigenvalue weighted by Gasteiger charge is 2.22. The van der Waals surface area contributed by atoms with Gasteiger partial charge in [-0.15, -0.1) is 4.72 Å². The van der Waals surface area contributed by atoms with Gasteiger partial charge >= 0.3 is 0 Å². The van der Waals surface area contributed by atoms with E-state index >= 15 is 0 Å². The molecule has 5 heteroatoms. The van der Waals surface area contributed by atoms with Crippen molar-refractivity contribution in [2.24, 2.45) is 0 Å². The maximum atomic E-state index is 11.4. The standard InChI is InChI=1S/C8H18N2O2S/c1-4-10(3)7-8(5-6-11)13(12)9-2/h6,8-9H,4-5,7H2,1-3H3. The first-order valence-corrected chi connectivity index (χ1v) is 5.57. The van der Waals surface area contributed by atoms with Gasteiger partial charge in [-0.3, -0.25) is 0 Å². The summed E-state index contributed by atoms with van der Waals surface area (Å²) < 4.78 is 14.0. The number of aldehydes is 1. The van der Waals surface area contributed by atoms with Crippen LogP contribution in [0, 0.1) is 0 Å². The number of nitrogens with one attached hydrogen (secondary N) is 1. The molecule has 0 saturated carbocycles. The van der Waals surface area contributed by atoms with Crippen molar-refractivity contribution in [2.75, 3.05) is 27.2 Å². The van der Waals surface area contributed by atoms with Gasteiger partial charge in [-0.05, 0) is 13.6 Å². The van der Waals surface area contributed by atoms with Gasteiger partial charge in [-0.2, -0.15) is 0 Å². The maximum absolute atomic E-state index is 11.4. The fourth-order valence-corrected chi connectivity index (χ4v) is 1.96. The Bertz CT molecular complexity index is 146. The molecule has 0 bridgehead atoms. The monoisotopic (exact) mass is 206 g/mol. The summed E-state index contributed by atoms with van der Waals surface area (Å²) in [6.07, 6.45) is 1.17. The first kappa shape index (κ1) is 12.9. The zero-order valence-electron chi connectivity index (χ0n) is 8.45. The van der Waals surface area contributed by atoms with Gasteiger partial charge in [0.2, 0.25) is 0 Å². The van der Waals surface area contributed by atoms with E-state index in [1.807, 2.05) is 18.9 Å². The van der Waals surface area contributed by atoms with Crippen molar-refractivity contribution < 1.29 is 9.35 Å². The highest BCUT2D eigenvalue weighted by molar-refractivity contribution is 7.90. The van der Waals surface area contributed by atoms with Crippen molar-refractivity contribution in [1.82, 2.24) is 9.62 Å². The van der Waals surface area contributed by atoms with Crippen LogP contribution in [0.2, 0.25) is 0 Å². The van der Waals surface area contributed by atoms with E-state index in [1.54, 1.807) is 7.05 Å². The SMILES string of the molecule is CCN(C)CC(CC=O)[S+]([O-])NC. The van der Waals surface area contributed by atoms with E-state index in [1.165, 1.54) is 0 Å². The van der Waals surface area contributed by atoms with Gasteiger partial charge in [0.25, 0.3) is 0 Å². The maximum Gasteiger partial charge on any atom is 0.154 e. The summed E-state index contributed by atoms with van der Waals surface area (Å²) in [5, 5.41) is -0.104. The Kier molecular flexibility index (Phi) is 7.26. The van der Waals surface area contributed by atoms with Crippen molar-refractivity contribution >= 4 is 17.6 Å². The average Bonchev–Trinajstić information content (AvgIpc) is 2.15. The molecule has 0 aromatic rings. The lowest BCUT2D eigenvalue weighted by atomic mass is 10.3. The van der Waals surface area contributed by atoms with Crippen LogP contribution in [0.15, 0.2) is 0 Å². The van der Waals surface area contributed by atoms with Crippen molar-refractivity contribution in [3.05, 3.63) is 0 Å². The first-order valence-electron chi connectivity index (χ1n) is 4.35. The summed E-state index contributed by atoms with van der Waals surface area (Å²) in [6, 6.07) is 0. The van der Waals surface area contributed by atoms with E-state index in [0.717, 1.165) is 12.8 Å². The molecule has 0 heterocycles. The second kappa shape index (κ2) is 7.32. The van der Waals surface area contributed by atoms with E-state index in [2.05, 4.69) is 4.72 Å². The molecule has 0 aliphatic heterocycles. The number of hydrogen-bond acceptors (Lipinski definition) is 4. The molecule has 0 rings (SSSR count). The minimum Gasteiger partial charge on any atom is -0.598 e. The normalized spacial score (nSPS) is 15.8. The van der Waals surface area contributed by atoms with Gasteiger partial charge in [0.05, 0.1) is 6.42 Å². The lowest BCUT2D eigenvalue weighted by molar-refractivity contribution is -0.107. The molecule has 0 amide bonds. The fraction of sp³-hybridized carbons (Fsp3) is 0.875. The molecule has 1 N–H and O–H groups in total. The van der Waals surface area contributed by atoms with Crippen LogP contribution in [-0.4, -0.2) is 48.2 Å². The lowest BCUT2D eigenvalue weighted by Gasteiger charge is -2.22. The van der Waals surface area contributed by atoms with Gasteiger partial charge in [0.1, 0.15) is 6.29 Å². The van der Waals surface area contributed by atoms with E-state index < -0.39 is 11.4 Å². The predicted octanol–water partition coefficient (Wildman–Crippen LogP) is -0.221. The largest absolute Gasteiger partial charge is 0.598 e. The molecule has 0 aliphatic rings. The third-order valence-electron chi connectivity index (χ3n) is 1.92. The molecule has 0 aliphatic carbocycles.